The normalized spacial score (nSPS) is 11.2. The van der Waals surface area contributed by atoms with Crippen molar-refractivity contribution >= 4 is 21.8 Å². The first-order valence-corrected chi connectivity index (χ1v) is 8.22. The minimum Gasteiger partial charge on any atom is -0.309 e. The molecular formula is C22H18N2. The SMILES string of the molecule is CC(C)c1cc(C#N)cc(-n2c3ccccc3c3ccccc32)c1. The average Bonchev–Trinajstić information content (AvgIpc) is 2.96. The number of aromatic nitrogens is 1. The molecule has 2 nitrogen and oxygen atoms in total. The Hall–Kier alpha value is -3.05. The van der Waals surface area contributed by atoms with Gasteiger partial charge in [-0.3, -0.25) is 0 Å². The zero-order valence-electron chi connectivity index (χ0n) is 13.8. The summed E-state index contributed by atoms with van der Waals surface area (Å²) in [5.41, 5.74) is 5.28. The van der Waals surface area contributed by atoms with Gasteiger partial charge in [-0.2, -0.15) is 5.26 Å². The smallest absolute Gasteiger partial charge is 0.0992 e. The predicted octanol–water partition coefficient (Wildman–Crippen LogP) is 5.78. The summed E-state index contributed by atoms with van der Waals surface area (Å²) in [7, 11) is 0. The van der Waals surface area contributed by atoms with Crippen LogP contribution in [0.3, 0.4) is 0 Å². The highest BCUT2D eigenvalue weighted by Gasteiger charge is 2.13. The van der Waals surface area contributed by atoms with Crippen molar-refractivity contribution in [2.24, 2.45) is 0 Å². The van der Waals surface area contributed by atoms with Crippen LogP contribution in [0.1, 0.15) is 30.9 Å². The molecule has 0 aliphatic heterocycles. The zero-order chi connectivity index (χ0) is 16.7. The lowest BCUT2D eigenvalue weighted by atomic mass is 10.00. The lowest BCUT2D eigenvalue weighted by molar-refractivity contribution is 0.863. The summed E-state index contributed by atoms with van der Waals surface area (Å²) in [4.78, 5) is 0. The van der Waals surface area contributed by atoms with Gasteiger partial charge in [0.05, 0.1) is 22.7 Å². The number of hydrogen-bond acceptors (Lipinski definition) is 1. The van der Waals surface area contributed by atoms with Gasteiger partial charge in [-0.15, -0.1) is 0 Å². The molecule has 1 heterocycles. The average molecular weight is 310 g/mol. The van der Waals surface area contributed by atoms with Gasteiger partial charge >= 0.3 is 0 Å². The van der Waals surface area contributed by atoms with Crippen LogP contribution in [-0.4, -0.2) is 4.57 Å². The molecule has 0 saturated heterocycles. The highest BCUT2D eigenvalue weighted by atomic mass is 15.0. The molecule has 0 unspecified atom stereocenters. The van der Waals surface area contributed by atoms with E-state index in [4.69, 9.17) is 0 Å². The maximum absolute atomic E-state index is 9.43. The summed E-state index contributed by atoms with van der Waals surface area (Å²) >= 11 is 0. The summed E-state index contributed by atoms with van der Waals surface area (Å²) in [6, 6.07) is 25.3. The van der Waals surface area contributed by atoms with E-state index in [1.165, 1.54) is 27.4 Å². The lowest BCUT2D eigenvalue weighted by Crippen LogP contribution is -1.98. The molecule has 0 N–H and O–H groups in total. The van der Waals surface area contributed by atoms with Crippen LogP contribution in [0.5, 0.6) is 0 Å². The fraction of sp³-hybridized carbons (Fsp3) is 0.136. The van der Waals surface area contributed by atoms with Crippen LogP contribution in [0.15, 0.2) is 66.7 Å². The van der Waals surface area contributed by atoms with Gasteiger partial charge in [0, 0.05) is 16.5 Å². The molecule has 116 valence electrons. The molecule has 0 aliphatic carbocycles. The van der Waals surface area contributed by atoms with Gasteiger partial charge in [0.25, 0.3) is 0 Å². The molecule has 0 amide bonds. The highest BCUT2D eigenvalue weighted by Crippen LogP contribution is 2.33. The van der Waals surface area contributed by atoms with Gasteiger partial charge < -0.3 is 4.57 Å². The van der Waals surface area contributed by atoms with E-state index in [0.29, 0.717) is 11.5 Å². The standard InChI is InChI=1S/C22H18N2/c1-15(2)17-11-16(14-23)12-18(13-17)24-21-9-5-3-7-19(21)20-8-4-6-10-22(20)24/h3-13,15H,1-2H3. The molecule has 0 fully saturated rings. The van der Waals surface area contributed by atoms with Gasteiger partial charge in [-0.25, -0.2) is 0 Å². The Labute approximate surface area is 141 Å². The van der Waals surface area contributed by atoms with E-state index in [0.717, 1.165) is 5.69 Å². The second kappa shape index (κ2) is 5.54. The monoisotopic (exact) mass is 310 g/mol. The first-order chi connectivity index (χ1) is 11.7. The molecule has 1 aromatic heterocycles. The van der Waals surface area contributed by atoms with Crippen LogP contribution in [0, 0.1) is 11.3 Å². The number of fused-ring (bicyclic) bond motifs is 3. The maximum Gasteiger partial charge on any atom is 0.0992 e. The molecule has 2 heteroatoms. The Bertz CT molecular complexity index is 1040. The summed E-state index contributed by atoms with van der Waals surface area (Å²) in [5, 5.41) is 11.9. The number of benzene rings is 3. The third-order valence-electron chi connectivity index (χ3n) is 4.57. The fourth-order valence-electron chi connectivity index (χ4n) is 3.36. The maximum atomic E-state index is 9.43. The lowest BCUT2D eigenvalue weighted by Gasteiger charge is -2.12. The fourth-order valence-corrected chi connectivity index (χ4v) is 3.36. The Morgan fingerprint density at radius 3 is 1.96 bits per heavy atom. The second-order valence-electron chi connectivity index (χ2n) is 6.45. The van der Waals surface area contributed by atoms with Crippen molar-refractivity contribution in [3.8, 4) is 11.8 Å². The molecule has 4 rings (SSSR count). The predicted molar refractivity (Wildman–Crippen MR) is 99.6 cm³/mol. The molecule has 0 saturated carbocycles. The van der Waals surface area contributed by atoms with Crippen molar-refractivity contribution < 1.29 is 0 Å². The molecule has 0 atom stereocenters. The molecule has 0 radical (unpaired) electrons. The van der Waals surface area contributed by atoms with Crippen molar-refractivity contribution in [3.63, 3.8) is 0 Å². The molecule has 0 spiro atoms. The summed E-state index contributed by atoms with van der Waals surface area (Å²) in [6.07, 6.45) is 0. The van der Waals surface area contributed by atoms with E-state index in [2.05, 4.69) is 79.1 Å². The topological polar surface area (TPSA) is 28.7 Å². The van der Waals surface area contributed by atoms with E-state index in [1.807, 2.05) is 12.1 Å². The Kier molecular flexibility index (Phi) is 3.36. The number of rotatable bonds is 2. The van der Waals surface area contributed by atoms with Gasteiger partial charge in [0.2, 0.25) is 0 Å². The molecule has 0 aliphatic rings. The first kappa shape index (κ1) is 14.5. The first-order valence-electron chi connectivity index (χ1n) is 8.22. The summed E-state index contributed by atoms with van der Waals surface area (Å²) in [5.74, 6) is 0.380. The molecule has 4 aromatic rings. The quantitative estimate of drug-likeness (QED) is 0.461. The van der Waals surface area contributed by atoms with Crippen LogP contribution in [-0.2, 0) is 0 Å². The third kappa shape index (κ3) is 2.18. The Morgan fingerprint density at radius 1 is 0.833 bits per heavy atom. The van der Waals surface area contributed by atoms with Crippen LogP contribution in [0.4, 0.5) is 0 Å². The van der Waals surface area contributed by atoms with Crippen LogP contribution in [0.25, 0.3) is 27.5 Å². The minimum absolute atomic E-state index is 0.380. The summed E-state index contributed by atoms with van der Waals surface area (Å²) < 4.78 is 2.26. The van der Waals surface area contributed by atoms with E-state index in [-0.39, 0.29) is 0 Å². The highest BCUT2D eigenvalue weighted by molar-refractivity contribution is 6.09. The summed E-state index contributed by atoms with van der Waals surface area (Å²) in [6.45, 7) is 4.32. The Balaban J connectivity index is 2.13. The van der Waals surface area contributed by atoms with E-state index in [1.54, 1.807) is 0 Å². The van der Waals surface area contributed by atoms with Gasteiger partial charge in [0.15, 0.2) is 0 Å². The molecular weight excluding hydrogens is 292 g/mol. The van der Waals surface area contributed by atoms with E-state index < -0.39 is 0 Å². The third-order valence-corrected chi connectivity index (χ3v) is 4.57. The van der Waals surface area contributed by atoms with E-state index in [9.17, 15) is 5.26 Å². The van der Waals surface area contributed by atoms with Gasteiger partial charge in [0.1, 0.15) is 0 Å². The number of nitriles is 1. The zero-order valence-corrected chi connectivity index (χ0v) is 13.8. The molecule has 24 heavy (non-hydrogen) atoms. The second-order valence-corrected chi connectivity index (χ2v) is 6.45. The van der Waals surface area contributed by atoms with Crippen molar-refractivity contribution in [2.75, 3.05) is 0 Å². The van der Waals surface area contributed by atoms with Crippen LogP contribution < -0.4 is 0 Å². The van der Waals surface area contributed by atoms with Crippen molar-refractivity contribution in [1.29, 1.82) is 5.26 Å². The van der Waals surface area contributed by atoms with Crippen molar-refractivity contribution in [2.45, 2.75) is 19.8 Å². The number of hydrogen-bond donors (Lipinski definition) is 0. The number of nitrogens with zero attached hydrogens (tertiary/aromatic N) is 2. The molecule has 3 aromatic carbocycles. The largest absolute Gasteiger partial charge is 0.309 e. The van der Waals surface area contributed by atoms with Crippen LogP contribution in [0.2, 0.25) is 0 Å². The Morgan fingerprint density at radius 2 is 1.42 bits per heavy atom. The van der Waals surface area contributed by atoms with E-state index >= 15 is 0 Å². The van der Waals surface area contributed by atoms with Gasteiger partial charge in [-0.05, 0) is 41.8 Å². The minimum atomic E-state index is 0.380. The number of para-hydroxylation sites is 2. The van der Waals surface area contributed by atoms with Crippen molar-refractivity contribution in [1.82, 2.24) is 4.57 Å². The van der Waals surface area contributed by atoms with Gasteiger partial charge in [-0.1, -0.05) is 50.2 Å². The molecule has 0 bridgehead atoms. The van der Waals surface area contributed by atoms with Crippen LogP contribution >= 0.6 is 0 Å². The van der Waals surface area contributed by atoms with Crippen molar-refractivity contribution in [3.05, 3.63) is 77.9 Å².